The largest absolute Gasteiger partial charge is 0.508 e. The molecule has 4 heteroatoms. The monoisotopic (exact) mass is 488 g/mol. The normalized spacial score (nSPS) is 11.6. The zero-order chi connectivity index (χ0) is 25.7. The van der Waals surface area contributed by atoms with E-state index in [-0.39, 0.29) is 11.5 Å². The number of ketones is 1. The second kappa shape index (κ2) is 13.3. The first-order chi connectivity index (χ1) is 18.1. The molecule has 0 aliphatic heterocycles. The topological polar surface area (TPSA) is 55.8 Å². The Labute approximate surface area is 217 Å². The summed E-state index contributed by atoms with van der Waals surface area (Å²) in [6, 6.07) is 34.9. The molecule has 0 fully saturated rings. The highest BCUT2D eigenvalue weighted by Crippen LogP contribution is 2.17. The molecule has 0 saturated heterocycles. The summed E-state index contributed by atoms with van der Waals surface area (Å²) < 4.78 is 11.6. The molecule has 0 atom stereocenters. The molecule has 0 unspecified atom stereocenters. The van der Waals surface area contributed by atoms with E-state index in [0.29, 0.717) is 13.2 Å². The third kappa shape index (κ3) is 8.71. The Morgan fingerprint density at radius 3 is 1.49 bits per heavy atom. The molecule has 4 rings (SSSR count). The van der Waals surface area contributed by atoms with Crippen LogP contribution in [0.25, 0.3) is 12.2 Å². The number of hydrogen-bond acceptors (Lipinski definition) is 4. The van der Waals surface area contributed by atoms with Gasteiger partial charge in [-0.25, -0.2) is 0 Å². The van der Waals surface area contributed by atoms with E-state index in [2.05, 4.69) is 0 Å². The quantitative estimate of drug-likeness (QED) is 0.134. The van der Waals surface area contributed by atoms with Crippen molar-refractivity contribution in [1.82, 2.24) is 0 Å². The van der Waals surface area contributed by atoms with Gasteiger partial charge < -0.3 is 14.6 Å². The second-order valence-electron chi connectivity index (χ2n) is 8.32. The number of aliphatic hydroxyl groups is 1. The number of carbonyl (C=O) groups is 1. The first kappa shape index (κ1) is 25.3. The van der Waals surface area contributed by atoms with Gasteiger partial charge >= 0.3 is 0 Å². The lowest BCUT2D eigenvalue weighted by Gasteiger charge is -2.06. The summed E-state index contributed by atoms with van der Waals surface area (Å²) in [7, 11) is 0. The predicted molar refractivity (Wildman–Crippen MR) is 148 cm³/mol. The molecule has 0 aromatic heterocycles. The van der Waals surface area contributed by atoms with Crippen LogP contribution in [-0.2, 0) is 18.0 Å². The van der Waals surface area contributed by atoms with Crippen molar-refractivity contribution in [3.8, 4) is 11.5 Å². The maximum atomic E-state index is 12.2. The lowest BCUT2D eigenvalue weighted by atomic mass is 10.1. The van der Waals surface area contributed by atoms with Gasteiger partial charge in [0.1, 0.15) is 30.5 Å². The molecule has 0 aliphatic rings. The molecule has 0 bridgehead atoms. The number of ether oxygens (including phenoxy) is 2. The van der Waals surface area contributed by atoms with E-state index < -0.39 is 0 Å². The predicted octanol–water partition coefficient (Wildman–Crippen LogP) is 7.58. The Kier molecular flexibility index (Phi) is 9.09. The van der Waals surface area contributed by atoms with E-state index in [9.17, 15) is 9.90 Å². The lowest BCUT2D eigenvalue weighted by molar-refractivity contribution is -0.110. The average Bonchev–Trinajstić information content (AvgIpc) is 2.95. The summed E-state index contributed by atoms with van der Waals surface area (Å²) in [5, 5.41) is 10.1. The van der Waals surface area contributed by atoms with Gasteiger partial charge in [0.15, 0.2) is 5.78 Å². The standard InChI is InChI=1S/C33H28O4/c34-30(17-11-26-13-19-32(20-14-26)36-24-28-7-3-1-4-8-28)23-31(35)18-12-27-15-21-33(22-16-27)37-25-29-9-5-2-6-10-29/h1-23,34H,24-25H2/b17-11+,18-12+,30-23-. The number of hydrogen-bond donors (Lipinski definition) is 1. The van der Waals surface area contributed by atoms with Gasteiger partial charge in [-0.2, -0.15) is 0 Å². The molecule has 0 heterocycles. The molecule has 0 radical (unpaired) electrons. The molecule has 1 N–H and O–H groups in total. The summed E-state index contributed by atoms with van der Waals surface area (Å²) in [4.78, 5) is 12.2. The summed E-state index contributed by atoms with van der Waals surface area (Å²) in [5.41, 5.74) is 3.94. The highest BCUT2D eigenvalue weighted by Gasteiger charge is 1.99. The fraction of sp³-hybridized carbons (Fsp3) is 0.0606. The number of allylic oxidation sites excluding steroid dienone is 3. The van der Waals surface area contributed by atoms with Gasteiger partial charge in [0.05, 0.1) is 0 Å². The van der Waals surface area contributed by atoms with Gasteiger partial charge in [0.25, 0.3) is 0 Å². The lowest BCUT2D eigenvalue weighted by Crippen LogP contribution is -1.94. The molecule has 4 aromatic carbocycles. The zero-order valence-corrected chi connectivity index (χ0v) is 20.4. The first-order valence-electron chi connectivity index (χ1n) is 12.0. The van der Waals surface area contributed by atoms with Crippen molar-refractivity contribution in [3.05, 3.63) is 155 Å². The van der Waals surface area contributed by atoms with Crippen LogP contribution in [0.4, 0.5) is 0 Å². The number of aliphatic hydroxyl groups excluding tert-OH is 1. The van der Waals surface area contributed by atoms with Crippen LogP contribution in [0.2, 0.25) is 0 Å². The van der Waals surface area contributed by atoms with Crippen molar-refractivity contribution < 1.29 is 19.4 Å². The summed E-state index contributed by atoms with van der Waals surface area (Å²) in [5.74, 6) is 1.09. The van der Waals surface area contributed by atoms with Crippen LogP contribution in [0.3, 0.4) is 0 Å². The molecular weight excluding hydrogens is 460 g/mol. The van der Waals surface area contributed by atoms with Gasteiger partial charge in [0, 0.05) is 6.08 Å². The maximum Gasteiger partial charge on any atom is 0.182 e. The Morgan fingerprint density at radius 1 is 0.595 bits per heavy atom. The first-order valence-corrected chi connectivity index (χ1v) is 12.0. The Hall–Kier alpha value is -4.83. The van der Waals surface area contributed by atoms with Crippen molar-refractivity contribution in [1.29, 1.82) is 0 Å². The molecular formula is C33H28O4. The van der Waals surface area contributed by atoms with Crippen LogP contribution < -0.4 is 9.47 Å². The third-order valence-electron chi connectivity index (χ3n) is 5.43. The van der Waals surface area contributed by atoms with Crippen LogP contribution in [0.15, 0.2) is 133 Å². The van der Waals surface area contributed by atoms with Crippen LogP contribution in [0.5, 0.6) is 11.5 Å². The van der Waals surface area contributed by atoms with Gasteiger partial charge in [-0.15, -0.1) is 0 Å². The van der Waals surface area contributed by atoms with Crippen molar-refractivity contribution in [2.75, 3.05) is 0 Å². The zero-order valence-electron chi connectivity index (χ0n) is 20.4. The minimum Gasteiger partial charge on any atom is -0.508 e. The Bertz CT molecular complexity index is 1350. The molecule has 0 spiro atoms. The van der Waals surface area contributed by atoms with Crippen molar-refractivity contribution in [2.24, 2.45) is 0 Å². The number of benzene rings is 4. The maximum absolute atomic E-state index is 12.2. The van der Waals surface area contributed by atoms with Gasteiger partial charge in [-0.1, -0.05) is 97.1 Å². The molecule has 37 heavy (non-hydrogen) atoms. The van der Waals surface area contributed by atoms with E-state index in [1.165, 1.54) is 18.2 Å². The minimum absolute atomic E-state index is 0.122. The Morgan fingerprint density at radius 2 is 1.03 bits per heavy atom. The molecule has 0 amide bonds. The Balaban J connectivity index is 1.24. The smallest absolute Gasteiger partial charge is 0.182 e. The SMILES string of the molecule is O=C(/C=C(O)/C=C/c1ccc(OCc2ccccc2)cc1)/C=C/c1ccc(OCc2ccccc2)cc1. The second-order valence-corrected chi connectivity index (χ2v) is 8.32. The van der Waals surface area contributed by atoms with E-state index in [1.54, 1.807) is 12.2 Å². The average molecular weight is 489 g/mol. The van der Waals surface area contributed by atoms with Gasteiger partial charge in [-0.05, 0) is 58.7 Å². The van der Waals surface area contributed by atoms with Crippen LogP contribution >= 0.6 is 0 Å². The highest BCUT2D eigenvalue weighted by atomic mass is 16.5. The fourth-order valence-corrected chi connectivity index (χ4v) is 3.43. The van der Waals surface area contributed by atoms with Crippen molar-refractivity contribution in [2.45, 2.75) is 13.2 Å². The van der Waals surface area contributed by atoms with E-state index in [1.807, 2.05) is 109 Å². The molecule has 184 valence electrons. The van der Waals surface area contributed by atoms with Crippen molar-refractivity contribution in [3.63, 3.8) is 0 Å². The highest BCUT2D eigenvalue weighted by molar-refractivity contribution is 6.02. The molecule has 0 aliphatic carbocycles. The van der Waals surface area contributed by atoms with Gasteiger partial charge in [0.2, 0.25) is 0 Å². The van der Waals surface area contributed by atoms with Crippen LogP contribution in [0, 0.1) is 0 Å². The van der Waals surface area contributed by atoms with Gasteiger partial charge in [-0.3, -0.25) is 4.79 Å². The summed E-state index contributed by atoms with van der Waals surface area (Å²) >= 11 is 0. The van der Waals surface area contributed by atoms with Crippen LogP contribution in [-0.4, -0.2) is 10.9 Å². The molecule has 4 aromatic rings. The minimum atomic E-state index is -0.309. The van der Waals surface area contributed by atoms with Crippen molar-refractivity contribution >= 4 is 17.9 Å². The van der Waals surface area contributed by atoms with E-state index in [0.717, 1.165) is 33.8 Å². The van der Waals surface area contributed by atoms with E-state index >= 15 is 0 Å². The summed E-state index contributed by atoms with van der Waals surface area (Å²) in [6.45, 7) is 1.000. The third-order valence-corrected chi connectivity index (χ3v) is 5.43. The van der Waals surface area contributed by atoms with Crippen LogP contribution in [0.1, 0.15) is 22.3 Å². The molecule has 0 saturated carbocycles. The number of carbonyl (C=O) groups excluding carboxylic acids is 1. The summed E-state index contributed by atoms with van der Waals surface area (Å²) in [6.07, 6.45) is 7.53. The molecule has 4 nitrogen and oxygen atoms in total. The number of rotatable bonds is 11. The van der Waals surface area contributed by atoms with E-state index in [4.69, 9.17) is 9.47 Å². The fourth-order valence-electron chi connectivity index (χ4n) is 3.43.